The molecule has 0 fully saturated rings. The van der Waals surface area contributed by atoms with E-state index in [1.807, 2.05) is 6.33 Å². The molecular formula is C13H21N3O2. The van der Waals surface area contributed by atoms with Crippen LogP contribution in [0.2, 0.25) is 0 Å². The van der Waals surface area contributed by atoms with Crippen LogP contribution in [0, 0.1) is 0 Å². The first-order valence-corrected chi connectivity index (χ1v) is 6.56. The van der Waals surface area contributed by atoms with E-state index in [2.05, 4.69) is 35.6 Å². The zero-order chi connectivity index (χ0) is 13.3. The van der Waals surface area contributed by atoms with E-state index < -0.39 is 12.0 Å². The predicted octanol–water partition coefficient (Wildman–Crippen LogP) is 1.52. The first-order chi connectivity index (χ1) is 8.51. The van der Waals surface area contributed by atoms with Crippen LogP contribution in [0.4, 0.5) is 0 Å². The number of carboxylic acid groups (broad SMARTS) is 1. The zero-order valence-electron chi connectivity index (χ0n) is 11.2. The highest BCUT2D eigenvalue weighted by atomic mass is 16.4. The Morgan fingerprint density at radius 2 is 2.39 bits per heavy atom. The largest absolute Gasteiger partial charge is 0.480 e. The molecule has 1 aliphatic rings. The lowest BCUT2D eigenvalue weighted by Gasteiger charge is -2.38. The van der Waals surface area contributed by atoms with Crippen molar-refractivity contribution in [1.82, 2.24) is 14.9 Å². The molecule has 0 aromatic carbocycles. The van der Waals surface area contributed by atoms with E-state index in [9.17, 15) is 9.90 Å². The summed E-state index contributed by atoms with van der Waals surface area (Å²) in [5.74, 6) is -0.801. The molecule has 2 unspecified atom stereocenters. The summed E-state index contributed by atoms with van der Waals surface area (Å²) in [5.41, 5.74) is 1.78. The van der Waals surface area contributed by atoms with Gasteiger partial charge in [0.05, 0.1) is 23.3 Å². The van der Waals surface area contributed by atoms with Crippen molar-refractivity contribution in [3.63, 3.8) is 0 Å². The maximum absolute atomic E-state index is 11.2. The third kappa shape index (κ3) is 2.03. The van der Waals surface area contributed by atoms with Gasteiger partial charge in [0, 0.05) is 13.0 Å². The number of nitrogens with one attached hydrogen (secondary N) is 1. The number of carboxylic acids is 1. The Kier molecular flexibility index (Phi) is 3.43. The molecule has 2 N–H and O–H groups in total. The summed E-state index contributed by atoms with van der Waals surface area (Å²) in [4.78, 5) is 15.6. The van der Waals surface area contributed by atoms with Crippen molar-refractivity contribution < 1.29 is 9.90 Å². The molecule has 100 valence electrons. The number of hydrogen-bond donors (Lipinski definition) is 2. The summed E-state index contributed by atoms with van der Waals surface area (Å²) in [5, 5.41) is 12.5. The average molecular weight is 251 g/mol. The van der Waals surface area contributed by atoms with Crippen LogP contribution in [0.25, 0.3) is 0 Å². The maximum Gasteiger partial charge on any atom is 0.321 e. The van der Waals surface area contributed by atoms with Crippen molar-refractivity contribution in [2.24, 2.45) is 0 Å². The van der Waals surface area contributed by atoms with E-state index in [0.29, 0.717) is 6.42 Å². The van der Waals surface area contributed by atoms with Crippen molar-refractivity contribution in [3.05, 3.63) is 17.7 Å². The van der Waals surface area contributed by atoms with Gasteiger partial charge in [0.1, 0.15) is 6.04 Å². The molecule has 0 radical (unpaired) electrons. The molecule has 0 saturated carbocycles. The third-order valence-corrected chi connectivity index (χ3v) is 3.80. The Morgan fingerprint density at radius 1 is 1.67 bits per heavy atom. The molecule has 0 bridgehead atoms. The van der Waals surface area contributed by atoms with E-state index in [1.54, 1.807) is 0 Å². The van der Waals surface area contributed by atoms with Gasteiger partial charge in [-0.2, -0.15) is 0 Å². The Morgan fingerprint density at radius 3 is 2.94 bits per heavy atom. The molecule has 5 heteroatoms. The summed E-state index contributed by atoms with van der Waals surface area (Å²) >= 11 is 0. The van der Waals surface area contributed by atoms with Crippen molar-refractivity contribution >= 4 is 5.97 Å². The number of imidazole rings is 1. The Balaban J connectivity index is 2.44. The van der Waals surface area contributed by atoms with Gasteiger partial charge in [0.25, 0.3) is 0 Å². The fourth-order valence-corrected chi connectivity index (χ4v) is 2.74. The van der Waals surface area contributed by atoms with E-state index in [4.69, 9.17) is 0 Å². The fraction of sp³-hybridized carbons (Fsp3) is 0.692. The molecule has 0 amide bonds. The molecule has 18 heavy (non-hydrogen) atoms. The summed E-state index contributed by atoms with van der Waals surface area (Å²) in [6.07, 6.45) is 4.20. The normalized spacial score (nSPS) is 26.9. The standard InChI is InChI=1S/C13H21N3O2/c1-4-6-16-8-14-9-7-10(12(17)18)15-13(3,5-2)11(9)16/h8,10,15H,4-7H2,1-3H3,(H,17,18). The summed E-state index contributed by atoms with van der Waals surface area (Å²) in [6.45, 7) is 7.20. The van der Waals surface area contributed by atoms with Gasteiger partial charge >= 0.3 is 5.97 Å². The molecule has 0 aliphatic carbocycles. The number of fused-ring (bicyclic) bond motifs is 1. The van der Waals surface area contributed by atoms with Crippen LogP contribution in [-0.4, -0.2) is 26.7 Å². The van der Waals surface area contributed by atoms with Gasteiger partial charge in [0.15, 0.2) is 0 Å². The van der Waals surface area contributed by atoms with Crippen LogP contribution in [0.1, 0.15) is 45.0 Å². The Bertz CT molecular complexity index is 455. The fourth-order valence-electron chi connectivity index (χ4n) is 2.74. The smallest absolute Gasteiger partial charge is 0.321 e. The molecule has 2 rings (SSSR count). The molecule has 5 nitrogen and oxygen atoms in total. The van der Waals surface area contributed by atoms with Gasteiger partial charge in [-0.15, -0.1) is 0 Å². The highest BCUT2D eigenvalue weighted by molar-refractivity contribution is 5.74. The number of aromatic nitrogens is 2. The monoisotopic (exact) mass is 251 g/mol. The number of carbonyl (C=O) groups is 1. The molecular weight excluding hydrogens is 230 g/mol. The highest BCUT2D eigenvalue weighted by Crippen LogP contribution is 2.32. The van der Waals surface area contributed by atoms with Crippen molar-refractivity contribution in [1.29, 1.82) is 0 Å². The number of nitrogens with zero attached hydrogens (tertiary/aromatic N) is 2. The lowest BCUT2D eigenvalue weighted by molar-refractivity contribution is -0.140. The molecule has 2 atom stereocenters. The minimum Gasteiger partial charge on any atom is -0.480 e. The van der Waals surface area contributed by atoms with Crippen molar-refractivity contribution in [3.8, 4) is 0 Å². The molecule has 1 aromatic heterocycles. The SMILES string of the molecule is CCCn1cnc2c1C(C)(CC)NC(C(=O)O)C2. The average Bonchev–Trinajstić information content (AvgIpc) is 2.74. The minimum absolute atomic E-state index is 0.303. The summed E-state index contributed by atoms with van der Waals surface area (Å²) < 4.78 is 2.16. The molecule has 0 saturated heterocycles. The molecule has 0 spiro atoms. The number of rotatable bonds is 4. The van der Waals surface area contributed by atoms with Crippen molar-refractivity contribution in [2.45, 2.75) is 58.2 Å². The summed E-state index contributed by atoms with van der Waals surface area (Å²) in [6, 6.07) is -0.535. The first kappa shape index (κ1) is 13.1. The number of aryl methyl sites for hydroxylation is 1. The van der Waals surface area contributed by atoms with Gasteiger partial charge in [-0.25, -0.2) is 4.98 Å². The molecule has 1 aromatic rings. The highest BCUT2D eigenvalue weighted by Gasteiger charge is 2.40. The van der Waals surface area contributed by atoms with Crippen LogP contribution >= 0.6 is 0 Å². The van der Waals surface area contributed by atoms with Gasteiger partial charge in [-0.05, 0) is 19.8 Å². The van der Waals surface area contributed by atoms with E-state index >= 15 is 0 Å². The minimum atomic E-state index is -0.801. The van der Waals surface area contributed by atoms with E-state index in [-0.39, 0.29) is 5.54 Å². The molecule has 2 heterocycles. The zero-order valence-corrected chi connectivity index (χ0v) is 11.2. The van der Waals surface area contributed by atoms with Gasteiger partial charge < -0.3 is 9.67 Å². The predicted molar refractivity (Wildman–Crippen MR) is 68.4 cm³/mol. The topological polar surface area (TPSA) is 67.2 Å². The maximum atomic E-state index is 11.2. The van der Waals surface area contributed by atoms with Gasteiger partial charge in [-0.3, -0.25) is 10.1 Å². The van der Waals surface area contributed by atoms with E-state index in [1.165, 1.54) is 0 Å². The first-order valence-electron chi connectivity index (χ1n) is 6.56. The van der Waals surface area contributed by atoms with Gasteiger partial charge in [-0.1, -0.05) is 13.8 Å². The Hall–Kier alpha value is -1.36. The van der Waals surface area contributed by atoms with Crippen LogP contribution in [0.3, 0.4) is 0 Å². The summed E-state index contributed by atoms with van der Waals surface area (Å²) in [7, 11) is 0. The molecule has 1 aliphatic heterocycles. The number of hydrogen-bond acceptors (Lipinski definition) is 3. The second-order valence-corrected chi connectivity index (χ2v) is 5.16. The van der Waals surface area contributed by atoms with Crippen LogP contribution in [-0.2, 0) is 23.3 Å². The van der Waals surface area contributed by atoms with Gasteiger partial charge in [0.2, 0.25) is 0 Å². The van der Waals surface area contributed by atoms with Crippen molar-refractivity contribution in [2.75, 3.05) is 0 Å². The lowest BCUT2D eigenvalue weighted by Crippen LogP contribution is -2.54. The van der Waals surface area contributed by atoms with Crippen LogP contribution in [0.5, 0.6) is 0 Å². The quantitative estimate of drug-likeness (QED) is 0.851. The van der Waals surface area contributed by atoms with Crippen LogP contribution < -0.4 is 5.32 Å². The third-order valence-electron chi connectivity index (χ3n) is 3.80. The lowest BCUT2D eigenvalue weighted by atomic mass is 9.85. The second-order valence-electron chi connectivity index (χ2n) is 5.16. The Labute approximate surface area is 107 Å². The van der Waals surface area contributed by atoms with E-state index in [0.717, 1.165) is 30.8 Å². The second kappa shape index (κ2) is 4.72. The van der Waals surface area contributed by atoms with Crippen LogP contribution in [0.15, 0.2) is 6.33 Å². The number of aliphatic carboxylic acids is 1.